The Bertz CT molecular complexity index is 931. The van der Waals surface area contributed by atoms with Gasteiger partial charge in [0.05, 0.1) is 11.2 Å². The molecule has 0 radical (unpaired) electrons. The molecule has 0 saturated carbocycles. The van der Waals surface area contributed by atoms with E-state index in [-0.39, 0.29) is 23.5 Å². The highest BCUT2D eigenvalue weighted by molar-refractivity contribution is 7.89. The number of benzene rings is 1. The molecule has 0 fully saturated rings. The highest BCUT2D eigenvalue weighted by Crippen LogP contribution is 2.19. The van der Waals surface area contributed by atoms with E-state index >= 15 is 0 Å². The van der Waals surface area contributed by atoms with Crippen molar-refractivity contribution in [2.75, 3.05) is 6.54 Å². The molecule has 0 aliphatic rings. The number of nitrogens with zero attached hydrogens (tertiary/aromatic N) is 2. The molecule has 2 aromatic rings. The molecule has 1 aromatic carbocycles. The van der Waals surface area contributed by atoms with Gasteiger partial charge in [-0.3, -0.25) is 9.36 Å². The minimum Gasteiger partial charge on any atom is -0.298 e. The number of hydrogen-bond donors (Lipinski definition) is 1. The van der Waals surface area contributed by atoms with Gasteiger partial charge in [0.25, 0.3) is 5.56 Å². The van der Waals surface area contributed by atoms with Gasteiger partial charge in [-0.15, -0.1) is 0 Å². The maximum Gasteiger partial charge on any atom is 0.256 e. The Labute approximate surface area is 142 Å². The van der Waals surface area contributed by atoms with Gasteiger partial charge in [-0.1, -0.05) is 6.07 Å². The Balaban J connectivity index is 2.16. The van der Waals surface area contributed by atoms with Gasteiger partial charge in [-0.2, -0.15) is 0 Å². The summed E-state index contributed by atoms with van der Waals surface area (Å²) in [5.74, 6) is 0. The molecule has 0 bridgehead atoms. The molecule has 0 amide bonds. The molecule has 0 spiro atoms. The average molecular weight is 349 g/mol. The molecule has 7 heteroatoms. The molecule has 1 N–H and O–H groups in total. The largest absolute Gasteiger partial charge is 0.298 e. The van der Waals surface area contributed by atoms with Gasteiger partial charge in [0.15, 0.2) is 0 Å². The van der Waals surface area contributed by atoms with Gasteiger partial charge < -0.3 is 0 Å². The second-order valence-corrected chi connectivity index (χ2v) is 7.79. The van der Waals surface area contributed by atoms with Crippen molar-refractivity contribution in [1.29, 1.82) is 0 Å². The first-order valence-electron chi connectivity index (χ1n) is 7.73. The summed E-state index contributed by atoms with van der Waals surface area (Å²) in [7, 11) is -3.62. The summed E-state index contributed by atoms with van der Waals surface area (Å²) >= 11 is 0. The monoisotopic (exact) mass is 349 g/mol. The summed E-state index contributed by atoms with van der Waals surface area (Å²) in [4.78, 5) is 16.5. The van der Waals surface area contributed by atoms with Crippen molar-refractivity contribution in [2.24, 2.45) is 0 Å². The van der Waals surface area contributed by atoms with Crippen LogP contribution in [0.2, 0.25) is 0 Å². The third-order valence-corrected chi connectivity index (χ3v) is 5.84. The van der Waals surface area contributed by atoms with Gasteiger partial charge in [0, 0.05) is 24.3 Å². The number of sulfonamides is 1. The fourth-order valence-electron chi connectivity index (χ4n) is 2.44. The molecule has 0 unspecified atom stereocenters. The lowest BCUT2D eigenvalue weighted by molar-refractivity contribution is 0.567. The smallest absolute Gasteiger partial charge is 0.256 e. The van der Waals surface area contributed by atoms with E-state index in [9.17, 15) is 13.2 Å². The quantitative estimate of drug-likeness (QED) is 0.892. The van der Waals surface area contributed by atoms with Crippen LogP contribution >= 0.6 is 0 Å². The highest BCUT2D eigenvalue weighted by Gasteiger charge is 2.17. The summed E-state index contributed by atoms with van der Waals surface area (Å²) in [6.07, 6.45) is 1.44. The first kappa shape index (κ1) is 18.4. The van der Waals surface area contributed by atoms with E-state index in [0.29, 0.717) is 16.8 Å². The maximum absolute atomic E-state index is 12.5. The van der Waals surface area contributed by atoms with Crippen LogP contribution in [-0.4, -0.2) is 24.5 Å². The van der Waals surface area contributed by atoms with Crippen LogP contribution in [0.1, 0.15) is 27.9 Å². The minimum absolute atomic E-state index is 0.124. The van der Waals surface area contributed by atoms with Gasteiger partial charge in [0.1, 0.15) is 0 Å². The normalized spacial score (nSPS) is 11.7. The van der Waals surface area contributed by atoms with Crippen LogP contribution in [0.25, 0.3) is 0 Å². The van der Waals surface area contributed by atoms with E-state index < -0.39 is 10.0 Å². The van der Waals surface area contributed by atoms with Crippen molar-refractivity contribution in [3.05, 3.63) is 56.8 Å². The minimum atomic E-state index is -3.62. The first-order valence-corrected chi connectivity index (χ1v) is 9.22. The lowest BCUT2D eigenvalue weighted by Gasteiger charge is -2.13. The van der Waals surface area contributed by atoms with Gasteiger partial charge in [-0.25, -0.2) is 18.1 Å². The number of nitrogens with one attached hydrogen (secondary N) is 1. The van der Waals surface area contributed by atoms with Crippen LogP contribution in [0.5, 0.6) is 0 Å². The van der Waals surface area contributed by atoms with Gasteiger partial charge in [0.2, 0.25) is 10.0 Å². The van der Waals surface area contributed by atoms with E-state index in [1.165, 1.54) is 10.9 Å². The Morgan fingerprint density at radius 3 is 2.33 bits per heavy atom. The highest BCUT2D eigenvalue weighted by atomic mass is 32.2. The Hall–Kier alpha value is -1.99. The zero-order chi connectivity index (χ0) is 18.1. The van der Waals surface area contributed by atoms with E-state index in [1.54, 1.807) is 26.8 Å². The van der Waals surface area contributed by atoms with Crippen molar-refractivity contribution in [1.82, 2.24) is 14.3 Å². The predicted octanol–water partition coefficient (Wildman–Crippen LogP) is 1.76. The Kier molecular flexibility index (Phi) is 5.25. The molecule has 130 valence electrons. The van der Waals surface area contributed by atoms with Crippen molar-refractivity contribution in [2.45, 2.75) is 46.1 Å². The lowest BCUT2D eigenvalue weighted by atomic mass is 10.1. The van der Waals surface area contributed by atoms with Crippen LogP contribution < -0.4 is 10.3 Å². The van der Waals surface area contributed by atoms with E-state index in [2.05, 4.69) is 9.71 Å². The molecule has 0 saturated heterocycles. The van der Waals surface area contributed by atoms with E-state index in [0.717, 1.165) is 11.1 Å². The molecule has 6 nitrogen and oxygen atoms in total. The molecule has 0 aliphatic heterocycles. The van der Waals surface area contributed by atoms with Crippen molar-refractivity contribution >= 4 is 10.0 Å². The van der Waals surface area contributed by atoms with E-state index in [4.69, 9.17) is 0 Å². The van der Waals surface area contributed by atoms with Gasteiger partial charge in [-0.05, 0) is 57.4 Å². The topological polar surface area (TPSA) is 81.1 Å². The number of aryl methyl sites for hydroxylation is 4. The molecule has 1 aromatic heterocycles. The SMILES string of the molecule is Cc1cc(C)c(S(=O)(=O)NCCn2cnc(C)c(C)c2=O)cc1C. The Morgan fingerprint density at radius 1 is 1.04 bits per heavy atom. The second kappa shape index (κ2) is 6.86. The van der Waals surface area contributed by atoms with Crippen molar-refractivity contribution in [3.63, 3.8) is 0 Å². The second-order valence-electron chi connectivity index (χ2n) is 6.05. The van der Waals surface area contributed by atoms with Crippen LogP contribution in [0.4, 0.5) is 0 Å². The summed E-state index contributed by atoms with van der Waals surface area (Å²) in [6.45, 7) is 9.45. The van der Waals surface area contributed by atoms with Gasteiger partial charge >= 0.3 is 0 Å². The van der Waals surface area contributed by atoms with Crippen LogP contribution in [0, 0.1) is 34.6 Å². The zero-order valence-corrected chi connectivity index (χ0v) is 15.5. The Morgan fingerprint density at radius 2 is 1.67 bits per heavy atom. The molecule has 2 rings (SSSR count). The van der Waals surface area contributed by atoms with Crippen LogP contribution in [0.15, 0.2) is 28.2 Å². The summed E-state index contributed by atoms with van der Waals surface area (Å²) in [5, 5.41) is 0. The molecular weight excluding hydrogens is 326 g/mol. The fraction of sp³-hybridized carbons (Fsp3) is 0.412. The average Bonchev–Trinajstić information content (AvgIpc) is 2.50. The predicted molar refractivity (Wildman–Crippen MR) is 93.8 cm³/mol. The third kappa shape index (κ3) is 3.73. The van der Waals surface area contributed by atoms with Crippen LogP contribution in [0.3, 0.4) is 0 Å². The maximum atomic E-state index is 12.5. The van der Waals surface area contributed by atoms with Crippen molar-refractivity contribution < 1.29 is 8.42 Å². The molecular formula is C17H23N3O3S. The lowest BCUT2D eigenvalue weighted by Crippen LogP contribution is -2.32. The molecule has 0 aliphatic carbocycles. The number of rotatable bonds is 5. The number of aromatic nitrogens is 2. The fourth-order valence-corrected chi connectivity index (χ4v) is 3.77. The van der Waals surface area contributed by atoms with E-state index in [1.807, 2.05) is 19.9 Å². The third-order valence-electron chi connectivity index (χ3n) is 4.24. The summed E-state index contributed by atoms with van der Waals surface area (Å²) < 4.78 is 29.0. The van der Waals surface area contributed by atoms with Crippen molar-refractivity contribution in [3.8, 4) is 0 Å². The standard InChI is InChI=1S/C17H23N3O3S/c1-11-8-13(3)16(9-12(11)2)24(22,23)19-6-7-20-10-18-15(5)14(4)17(20)21/h8-10,19H,6-7H2,1-5H3. The summed E-state index contributed by atoms with van der Waals surface area (Å²) in [6, 6.07) is 3.54. The number of hydrogen-bond acceptors (Lipinski definition) is 4. The summed E-state index contributed by atoms with van der Waals surface area (Å²) in [5.41, 5.74) is 3.79. The first-order chi connectivity index (χ1) is 11.1. The molecule has 0 atom stereocenters. The zero-order valence-electron chi connectivity index (χ0n) is 14.7. The molecule has 24 heavy (non-hydrogen) atoms. The van der Waals surface area contributed by atoms with Crippen LogP contribution in [-0.2, 0) is 16.6 Å². The molecule has 1 heterocycles.